The fourth-order valence-electron chi connectivity index (χ4n) is 3.64. The number of hydrogen-bond acceptors (Lipinski definition) is 4. The van der Waals surface area contributed by atoms with Gasteiger partial charge in [-0.05, 0) is 45.2 Å². The van der Waals surface area contributed by atoms with Gasteiger partial charge in [-0.3, -0.25) is 9.59 Å². The van der Waals surface area contributed by atoms with E-state index in [4.69, 9.17) is 4.42 Å². The molecule has 1 amide bonds. The lowest BCUT2D eigenvalue weighted by molar-refractivity contribution is -0.132. The standard InChI is InChI=1S/C20H25NO4/c1-4-5-17(23)21-10-8-14(9-11-21)19-13(3)18(24)15-6-7-16(22)12(2)20(15)25-19/h6-7,14,22H,4-5,8-11H2,1-3H3. The molecule has 0 radical (unpaired) electrons. The molecule has 0 unspecified atom stereocenters. The molecule has 0 bridgehead atoms. The number of phenols is 1. The summed E-state index contributed by atoms with van der Waals surface area (Å²) in [6, 6.07) is 3.15. The number of nitrogens with zero attached hydrogens (tertiary/aromatic N) is 1. The number of amides is 1. The Morgan fingerprint density at radius 1 is 1.24 bits per heavy atom. The highest BCUT2D eigenvalue weighted by molar-refractivity contribution is 5.82. The van der Waals surface area contributed by atoms with E-state index in [0.717, 1.165) is 19.3 Å². The Balaban J connectivity index is 1.92. The Hall–Kier alpha value is -2.30. The first-order valence-corrected chi connectivity index (χ1v) is 8.97. The van der Waals surface area contributed by atoms with Gasteiger partial charge in [-0.2, -0.15) is 0 Å². The summed E-state index contributed by atoms with van der Waals surface area (Å²) in [5.41, 5.74) is 1.65. The number of phenolic OH excluding ortho intramolecular Hbond substituents is 1. The van der Waals surface area contributed by atoms with Gasteiger partial charge in [-0.25, -0.2) is 0 Å². The molecular weight excluding hydrogens is 318 g/mol. The van der Waals surface area contributed by atoms with Crippen molar-refractivity contribution in [1.29, 1.82) is 0 Å². The molecule has 1 fully saturated rings. The van der Waals surface area contributed by atoms with Crippen molar-refractivity contribution in [2.24, 2.45) is 0 Å². The smallest absolute Gasteiger partial charge is 0.222 e. The van der Waals surface area contributed by atoms with Gasteiger partial charge in [-0.1, -0.05) is 6.92 Å². The number of carbonyl (C=O) groups excluding carboxylic acids is 1. The average Bonchev–Trinajstić information content (AvgIpc) is 2.61. The van der Waals surface area contributed by atoms with Gasteiger partial charge in [-0.15, -0.1) is 0 Å². The van der Waals surface area contributed by atoms with Crippen LogP contribution >= 0.6 is 0 Å². The van der Waals surface area contributed by atoms with Crippen LogP contribution in [0.25, 0.3) is 11.0 Å². The molecule has 2 aromatic rings. The third-order valence-corrected chi connectivity index (χ3v) is 5.23. The second-order valence-corrected chi connectivity index (χ2v) is 6.91. The first-order valence-electron chi connectivity index (χ1n) is 8.97. The van der Waals surface area contributed by atoms with Gasteiger partial charge in [0.2, 0.25) is 5.91 Å². The normalized spacial score (nSPS) is 15.7. The first kappa shape index (κ1) is 17.5. The van der Waals surface area contributed by atoms with Gasteiger partial charge in [0.05, 0.1) is 5.39 Å². The van der Waals surface area contributed by atoms with Crippen molar-refractivity contribution >= 4 is 16.9 Å². The minimum atomic E-state index is -0.0381. The molecule has 0 aliphatic carbocycles. The van der Waals surface area contributed by atoms with E-state index in [1.807, 2.05) is 11.8 Å². The molecule has 2 heterocycles. The molecule has 1 N–H and O–H groups in total. The maximum Gasteiger partial charge on any atom is 0.222 e. The molecule has 25 heavy (non-hydrogen) atoms. The third-order valence-electron chi connectivity index (χ3n) is 5.23. The summed E-state index contributed by atoms with van der Waals surface area (Å²) in [6.07, 6.45) is 3.04. The highest BCUT2D eigenvalue weighted by Gasteiger charge is 2.27. The topological polar surface area (TPSA) is 70.8 Å². The SMILES string of the molecule is CCCC(=O)N1CCC(c2oc3c(C)c(O)ccc3c(=O)c2C)CC1. The number of piperidine rings is 1. The van der Waals surface area contributed by atoms with Gasteiger partial charge in [0.15, 0.2) is 5.43 Å². The number of aromatic hydroxyl groups is 1. The Kier molecular flexibility index (Phi) is 4.84. The van der Waals surface area contributed by atoms with Crippen LogP contribution in [0.2, 0.25) is 0 Å². The largest absolute Gasteiger partial charge is 0.508 e. The summed E-state index contributed by atoms with van der Waals surface area (Å²) < 4.78 is 6.10. The van der Waals surface area contributed by atoms with E-state index < -0.39 is 0 Å². The Morgan fingerprint density at radius 3 is 2.56 bits per heavy atom. The maximum absolute atomic E-state index is 12.7. The zero-order valence-corrected chi connectivity index (χ0v) is 15.1. The minimum absolute atomic E-state index is 0.0381. The quantitative estimate of drug-likeness (QED) is 0.924. The lowest BCUT2D eigenvalue weighted by Crippen LogP contribution is -2.38. The second-order valence-electron chi connectivity index (χ2n) is 6.91. The van der Waals surface area contributed by atoms with Crippen molar-refractivity contribution in [3.05, 3.63) is 39.2 Å². The molecule has 1 aliphatic heterocycles. The van der Waals surface area contributed by atoms with Gasteiger partial charge >= 0.3 is 0 Å². The van der Waals surface area contributed by atoms with Crippen LogP contribution in [-0.4, -0.2) is 29.0 Å². The molecule has 0 spiro atoms. The van der Waals surface area contributed by atoms with E-state index in [9.17, 15) is 14.7 Å². The number of rotatable bonds is 3. The van der Waals surface area contributed by atoms with Gasteiger partial charge in [0, 0.05) is 36.6 Å². The van der Waals surface area contributed by atoms with E-state index in [1.165, 1.54) is 6.07 Å². The minimum Gasteiger partial charge on any atom is -0.508 e. The maximum atomic E-state index is 12.7. The first-order chi connectivity index (χ1) is 11.9. The molecule has 1 aromatic heterocycles. The summed E-state index contributed by atoms with van der Waals surface area (Å²) in [7, 11) is 0. The summed E-state index contributed by atoms with van der Waals surface area (Å²) >= 11 is 0. The van der Waals surface area contributed by atoms with Crippen LogP contribution in [0.1, 0.15) is 55.4 Å². The fraction of sp³-hybridized carbons (Fsp3) is 0.500. The van der Waals surface area contributed by atoms with Crippen molar-refractivity contribution in [2.45, 2.75) is 52.4 Å². The van der Waals surface area contributed by atoms with Crippen LogP contribution in [0.3, 0.4) is 0 Å². The summed E-state index contributed by atoms with van der Waals surface area (Å²) in [5, 5.41) is 10.4. The van der Waals surface area contributed by atoms with Crippen LogP contribution in [-0.2, 0) is 4.79 Å². The zero-order chi connectivity index (χ0) is 18.1. The predicted molar refractivity (Wildman–Crippen MR) is 97.1 cm³/mol. The lowest BCUT2D eigenvalue weighted by atomic mass is 9.91. The summed E-state index contributed by atoms with van der Waals surface area (Å²) in [6.45, 7) is 6.96. The molecule has 3 rings (SSSR count). The zero-order valence-electron chi connectivity index (χ0n) is 15.1. The molecule has 0 saturated carbocycles. The molecule has 0 atom stereocenters. The number of fused-ring (bicyclic) bond motifs is 1. The Morgan fingerprint density at radius 2 is 1.92 bits per heavy atom. The van der Waals surface area contributed by atoms with Crippen LogP contribution in [0.15, 0.2) is 21.3 Å². The molecule has 1 aliphatic rings. The van der Waals surface area contributed by atoms with E-state index in [2.05, 4.69) is 0 Å². The van der Waals surface area contributed by atoms with E-state index >= 15 is 0 Å². The number of benzene rings is 1. The molecule has 5 nitrogen and oxygen atoms in total. The highest BCUT2D eigenvalue weighted by Crippen LogP contribution is 2.33. The average molecular weight is 343 g/mol. The summed E-state index contributed by atoms with van der Waals surface area (Å²) in [5.74, 6) is 1.17. The summed E-state index contributed by atoms with van der Waals surface area (Å²) in [4.78, 5) is 26.7. The third kappa shape index (κ3) is 3.15. The molecule has 5 heteroatoms. The molecular formula is C20H25NO4. The molecule has 1 aromatic carbocycles. The number of aryl methyl sites for hydroxylation is 1. The van der Waals surface area contributed by atoms with Crippen molar-refractivity contribution < 1.29 is 14.3 Å². The second kappa shape index (κ2) is 6.90. The Labute approximate surface area is 147 Å². The van der Waals surface area contributed by atoms with Crippen molar-refractivity contribution in [3.63, 3.8) is 0 Å². The van der Waals surface area contributed by atoms with Crippen molar-refractivity contribution in [2.75, 3.05) is 13.1 Å². The van der Waals surface area contributed by atoms with Gasteiger partial charge < -0.3 is 14.4 Å². The van der Waals surface area contributed by atoms with Crippen molar-refractivity contribution in [1.82, 2.24) is 4.90 Å². The van der Waals surface area contributed by atoms with E-state index in [-0.39, 0.29) is 23.0 Å². The monoisotopic (exact) mass is 343 g/mol. The van der Waals surface area contributed by atoms with Gasteiger partial charge in [0.1, 0.15) is 17.1 Å². The van der Waals surface area contributed by atoms with Crippen LogP contribution < -0.4 is 5.43 Å². The molecule has 1 saturated heterocycles. The number of hydrogen-bond donors (Lipinski definition) is 1. The molecule has 134 valence electrons. The number of likely N-dealkylation sites (tertiary alicyclic amines) is 1. The number of carbonyl (C=O) groups is 1. The van der Waals surface area contributed by atoms with Crippen LogP contribution in [0.4, 0.5) is 0 Å². The van der Waals surface area contributed by atoms with Crippen LogP contribution in [0.5, 0.6) is 5.75 Å². The van der Waals surface area contributed by atoms with Crippen molar-refractivity contribution in [3.8, 4) is 5.75 Å². The Bertz CT molecular complexity index is 860. The highest BCUT2D eigenvalue weighted by atomic mass is 16.3. The predicted octanol–water partition coefficient (Wildman–Crippen LogP) is 3.62. The lowest BCUT2D eigenvalue weighted by Gasteiger charge is -2.32. The van der Waals surface area contributed by atoms with Gasteiger partial charge in [0.25, 0.3) is 0 Å². The van der Waals surface area contributed by atoms with E-state index in [1.54, 1.807) is 19.9 Å². The fourth-order valence-corrected chi connectivity index (χ4v) is 3.64. The van der Waals surface area contributed by atoms with Crippen LogP contribution in [0, 0.1) is 13.8 Å². The van der Waals surface area contributed by atoms with E-state index in [0.29, 0.717) is 47.4 Å².